The van der Waals surface area contributed by atoms with Crippen LogP contribution in [0.4, 0.5) is 0 Å². The molecule has 0 aromatic heterocycles. The van der Waals surface area contributed by atoms with E-state index >= 15 is 0 Å². The highest BCUT2D eigenvalue weighted by Crippen LogP contribution is 2.28. The molecule has 7 heteroatoms. The molecule has 1 heterocycles. The second kappa shape index (κ2) is 12.1. The highest BCUT2D eigenvalue weighted by molar-refractivity contribution is 5.68. The molecule has 0 aromatic rings. The fraction of sp³-hybridized carbons (Fsp3) is 0.727. The van der Waals surface area contributed by atoms with Gasteiger partial charge in [-0.1, -0.05) is 38.3 Å². The lowest BCUT2D eigenvalue weighted by molar-refractivity contribution is -0.179. The van der Waals surface area contributed by atoms with E-state index in [1.807, 2.05) is 6.08 Å². The lowest BCUT2D eigenvalue weighted by Gasteiger charge is -2.27. The molecule has 1 aliphatic carbocycles. The van der Waals surface area contributed by atoms with Gasteiger partial charge in [-0.2, -0.15) is 0 Å². The SMILES string of the molecule is CCCCCC(C=CC1=C[C@@H](O)[C@H](OC(C)=O)[C@H]1OC(C)=O)OC1CCCCO1. The molecule has 1 fully saturated rings. The van der Waals surface area contributed by atoms with Crippen molar-refractivity contribution in [3.8, 4) is 0 Å². The van der Waals surface area contributed by atoms with Gasteiger partial charge in [0.25, 0.3) is 0 Å². The van der Waals surface area contributed by atoms with Crippen LogP contribution in [0.15, 0.2) is 23.8 Å². The third kappa shape index (κ3) is 7.91. The summed E-state index contributed by atoms with van der Waals surface area (Å²) in [6, 6.07) is 0. The largest absolute Gasteiger partial charge is 0.455 e. The highest BCUT2D eigenvalue weighted by Gasteiger charge is 2.40. The van der Waals surface area contributed by atoms with Crippen molar-refractivity contribution in [2.24, 2.45) is 0 Å². The predicted molar refractivity (Wildman–Crippen MR) is 107 cm³/mol. The number of carbonyl (C=O) groups excluding carboxylic acids is 2. The Kier molecular flexibility index (Phi) is 9.84. The number of esters is 2. The van der Waals surface area contributed by atoms with Crippen molar-refractivity contribution in [2.75, 3.05) is 6.61 Å². The van der Waals surface area contributed by atoms with Crippen molar-refractivity contribution in [1.82, 2.24) is 0 Å². The van der Waals surface area contributed by atoms with Crippen LogP contribution in [0.25, 0.3) is 0 Å². The van der Waals surface area contributed by atoms with Crippen LogP contribution in [0.5, 0.6) is 0 Å². The van der Waals surface area contributed by atoms with E-state index in [2.05, 4.69) is 6.92 Å². The third-order valence-electron chi connectivity index (χ3n) is 4.98. The first kappa shape index (κ1) is 23.6. The molecule has 0 amide bonds. The summed E-state index contributed by atoms with van der Waals surface area (Å²) in [4.78, 5) is 22.9. The minimum Gasteiger partial charge on any atom is -0.455 e. The molecule has 0 aromatic carbocycles. The average molecular weight is 411 g/mol. The van der Waals surface area contributed by atoms with Crippen LogP contribution in [0, 0.1) is 0 Å². The summed E-state index contributed by atoms with van der Waals surface area (Å²) in [5, 5.41) is 10.3. The third-order valence-corrected chi connectivity index (χ3v) is 4.98. The number of carbonyl (C=O) groups is 2. The summed E-state index contributed by atoms with van der Waals surface area (Å²) >= 11 is 0. The van der Waals surface area contributed by atoms with E-state index in [1.54, 1.807) is 12.2 Å². The van der Waals surface area contributed by atoms with Crippen LogP contribution in [0.3, 0.4) is 0 Å². The summed E-state index contributed by atoms with van der Waals surface area (Å²) < 4.78 is 22.3. The topological polar surface area (TPSA) is 91.3 Å². The lowest BCUT2D eigenvalue weighted by atomic mass is 10.1. The Labute approximate surface area is 173 Å². The number of aliphatic hydroxyl groups is 1. The first-order chi connectivity index (χ1) is 13.9. The Bertz CT molecular complexity index is 592. The Morgan fingerprint density at radius 2 is 2.00 bits per heavy atom. The number of hydrogen-bond donors (Lipinski definition) is 1. The van der Waals surface area contributed by atoms with Crippen molar-refractivity contribution in [2.45, 2.75) is 96.4 Å². The molecule has 0 bridgehead atoms. The maximum absolute atomic E-state index is 11.5. The number of aliphatic hydroxyl groups excluding tert-OH is 1. The zero-order chi connectivity index (χ0) is 21.2. The zero-order valence-corrected chi connectivity index (χ0v) is 17.7. The lowest BCUT2D eigenvalue weighted by Crippen LogP contribution is -2.38. The molecule has 1 aliphatic heterocycles. The van der Waals surface area contributed by atoms with Gasteiger partial charge in [0.05, 0.1) is 6.10 Å². The van der Waals surface area contributed by atoms with Crippen LogP contribution < -0.4 is 0 Å². The minimum atomic E-state index is -1.04. The molecule has 1 N–H and O–H groups in total. The van der Waals surface area contributed by atoms with Gasteiger partial charge in [-0.05, 0) is 37.3 Å². The molecule has 5 atom stereocenters. The molecular weight excluding hydrogens is 376 g/mol. The van der Waals surface area contributed by atoms with Crippen molar-refractivity contribution in [1.29, 1.82) is 0 Å². The molecule has 0 saturated carbocycles. The van der Waals surface area contributed by atoms with E-state index in [-0.39, 0.29) is 12.4 Å². The van der Waals surface area contributed by atoms with Crippen LogP contribution >= 0.6 is 0 Å². The van der Waals surface area contributed by atoms with Gasteiger partial charge in [0, 0.05) is 20.5 Å². The first-order valence-corrected chi connectivity index (χ1v) is 10.6. The van der Waals surface area contributed by atoms with Gasteiger partial charge in [0.1, 0.15) is 6.10 Å². The van der Waals surface area contributed by atoms with E-state index < -0.39 is 30.3 Å². The molecule has 164 valence electrons. The maximum atomic E-state index is 11.5. The summed E-state index contributed by atoms with van der Waals surface area (Å²) in [7, 11) is 0. The summed E-state index contributed by atoms with van der Waals surface area (Å²) in [5.41, 5.74) is 0.590. The van der Waals surface area contributed by atoms with Gasteiger partial charge in [-0.15, -0.1) is 0 Å². The van der Waals surface area contributed by atoms with Crippen molar-refractivity contribution in [3.63, 3.8) is 0 Å². The summed E-state index contributed by atoms with van der Waals surface area (Å²) in [6.07, 6.45) is 9.22. The molecule has 2 unspecified atom stereocenters. The molecule has 1 saturated heterocycles. The quantitative estimate of drug-likeness (QED) is 0.437. The highest BCUT2D eigenvalue weighted by atomic mass is 16.7. The van der Waals surface area contributed by atoms with Gasteiger partial charge >= 0.3 is 11.9 Å². The second-order valence-electron chi connectivity index (χ2n) is 7.59. The molecule has 0 radical (unpaired) electrons. The van der Waals surface area contributed by atoms with Crippen molar-refractivity contribution >= 4 is 11.9 Å². The van der Waals surface area contributed by atoms with Crippen molar-refractivity contribution < 1.29 is 33.6 Å². The Morgan fingerprint density at radius 3 is 2.62 bits per heavy atom. The molecule has 7 nitrogen and oxygen atoms in total. The fourth-order valence-electron chi connectivity index (χ4n) is 3.58. The standard InChI is InChI=1S/C22H34O7/c1-4-5-6-9-18(29-20-10-7-8-13-26-20)12-11-17-14-19(25)22(28-16(3)24)21(17)27-15(2)23/h11-12,14,18-22,25H,4-10,13H2,1-3H3/t18?,19-,20?,21+,22+/m1/s1. The second-order valence-corrected chi connectivity index (χ2v) is 7.59. The van der Waals surface area contributed by atoms with Gasteiger partial charge in [-0.25, -0.2) is 0 Å². The van der Waals surface area contributed by atoms with Gasteiger partial charge in [0.15, 0.2) is 18.5 Å². The number of ether oxygens (including phenoxy) is 4. The van der Waals surface area contributed by atoms with Crippen molar-refractivity contribution in [3.05, 3.63) is 23.8 Å². The molecular formula is C22H34O7. The Hall–Kier alpha value is -1.70. The van der Waals surface area contributed by atoms with Crippen LogP contribution in [0.1, 0.15) is 65.7 Å². The smallest absolute Gasteiger partial charge is 0.303 e. The minimum absolute atomic E-state index is 0.145. The monoisotopic (exact) mass is 410 g/mol. The Balaban J connectivity index is 2.09. The van der Waals surface area contributed by atoms with E-state index in [0.717, 1.165) is 44.9 Å². The van der Waals surface area contributed by atoms with Gasteiger partial charge in [0.2, 0.25) is 0 Å². The summed E-state index contributed by atoms with van der Waals surface area (Å²) in [6.45, 7) is 5.41. The van der Waals surface area contributed by atoms with E-state index in [9.17, 15) is 14.7 Å². The van der Waals surface area contributed by atoms with Crippen LogP contribution in [-0.4, -0.2) is 54.4 Å². The normalized spacial score (nSPS) is 28.2. The first-order valence-electron chi connectivity index (χ1n) is 10.6. The van der Waals surface area contributed by atoms with E-state index in [4.69, 9.17) is 18.9 Å². The van der Waals surface area contributed by atoms with E-state index in [0.29, 0.717) is 12.2 Å². The number of hydrogen-bond acceptors (Lipinski definition) is 7. The van der Waals surface area contributed by atoms with Crippen LogP contribution in [0.2, 0.25) is 0 Å². The molecule has 2 aliphatic rings. The molecule has 2 rings (SSSR count). The number of rotatable bonds is 10. The summed E-state index contributed by atoms with van der Waals surface area (Å²) in [5.74, 6) is -1.05. The molecule has 29 heavy (non-hydrogen) atoms. The van der Waals surface area contributed by atoms with E-state index in [1.165, 1.54) is 13.8 Å². The average Bonchev–Trinajstić information content (AvgIpc) is 2.94. The van der Waals surface area contributed by atoms with Crippen LogP contribution in [-0.2, 0) is 28.5 Å². The molecule has 0 spiro atoms. The van der Waals surface area contributed by atoms with Gasteiger partial charge in [-0.3, -0.25) is 9.59 Å². The maximum Gasteiger partial charge on any atom is 0.303 e. The predicted octanol–water partition coefficient (Wildman–Crippen LogP) is 3.20. The number of unbranched alkanes of at least 4 members (excludes halogenated alkanes) is 2. The zero-order valence-electron chi connectivity index (χ0n) is 17.7. The Morgan fingerprint density at radius 1 is 1.24 bits per heavy atom. The fourth-order valence-corrected chi connectivity index (χ4v) is 3.58. The van der Waals surface area contributed by atoms with Gasteiger partial charge < -0.3 is 24.1 Å².